The van der Waals surface area contributed by atoms with E-state index >= 15 is 0 Å². The Morgan fingerprint density at radius 1 is 1.22 bits per heavy atom. The Hall–Kier alpha value is -2.49. The summed E-state index contributed by atoms with van der Waals surface area (Å²) < 4.78 is 6.19. The largest absolute Gasteiger partial charge is 0.384 e. The number of ether oxygens (including phenoxy) is 1. The maximum atomic E-state index is 9.91. The summed E-state index contributed by atoms with van der Waals surface area (Å²) in [6, 6.07) is 10.7. The average Bonchev–Trinajstić information content (AvgIpc) is 3.58. The number of aromatic nitrogens is 2. The molecule has 2 aromatic rings. The van der Waals surface area contributed by atoms with Gasteiger partial charge in [-0.2, -0.15) is 5.26 Å². The second-order valence-electron chi connectivity index (χ2n) is 9.34. The van der Waals surface area contributed by atoms with Crippen molar-refractivity contribution in [2.75, 3.05) is 31.6 Å². The standard InChI is InChI=1S/C26H33N5O/c27-17-25(22-6-3-14-29-26(22)19-8-9-19)31-15-12-21(18-31)32-16-2-1-5-20-10-11-23-24(30-20)7-4-13-28-23/h3,6,10-11,14,19,21,25,28H,1-2,4-5,7-9,12-13,15-16,18H2/t21-,25?/m1/s1. The van der Waals surface area contributed by atoms with Crippen LogP contribution in [0.25, 0.3) is 0 Å². The van der Waals surface area contributed by atoms with E-state index in [0.29, 0.717) is 5.92 Å². The number of nitriles is 1. The molecule has 4 heterocycles. The third-order valence-corrected chi connectivity index (χ3v) is 6.91. The summed E-state index contributed by atoms with van der Waals surface area (Å²) in [6.45, 7) is 3.58. The smallest absolute Gasteiger partial charge is 0.125 e. The highest BCUT2D eigenvalue weighted by Gasteiger charge is 2.34. The van der Waals surface area contributed by atoms with Crippen LogP contribution >= 0.6 is 0 Å². The third-order valence-electron chi connectivity index (χ3n) is 6.91. The molecule has 168 valence electrons. The van der Waals surface area contributed by atoms with Crippen LogP contribution in [0.1, 0.15) is 73.1 Å². The number of fused-ring (bicyclic) bond motifs is 1. The molecule has 0 amide bonds. The van der Waals surface area contributed by atoms with E-state index in [4.69, 9.17) is 9.72 Å². The molecule has 5 rings (SSSR count). The summed E-state index contributed by atoms with van der Waals surface area (Å²) in [5, 5.41) is 13.3. The third kappa shape index (κ3) is 4.95. The van der Waals surface area contributed by atoms with E-state index in [1.807, 2.05) is 12.3 Å². The summed E-state index contributed by atoms with van der Waals surface area (Å²) >= 11 is 0. The minimum absolute atomic E-state index is 0.211. The lowest BCUT2D eigenvalue weighted by Crippen LogP contribution is -2.28. The first-order valence-electron chi connectivity index (χ1n) is 12.2. The van der Waals surface area contributed by atoms with Crippen molar-refractivity contribution in [1.82, 2.24) is 14.9 Å². The van der Waals surface area contributed by atoms with Crippen molar-refractivity contribution in [2.45, 2.75) is 69.4 Å². The highest BCUT2D eigenvalue weighted by Crippen LogP contribution is 2.42. The van der Waals surface area contributed by atoms with E-state index in [9.17, 15) is 5.26 Å². The molecule has 1 N–H and O–H groups in total. The Kier molecular flexibility index (Phi) is 6.66. The molecule has 1 saturated carbocycles. The number of hydrogen-bond acceptors (Lipinski definition) is 6. The van der Waals surface area contributed by atoms with Crippen molar-refractivity contribution in [3.63, 3.8) is 0 Å². The summed E-state index contributed by atoms with van der Waals surface area (Å²) in [7, 11) is 0. The first kappa shape index (κ1) is 21.4. The summed E-state index contributed by atoms with van der Waals surface area (Å²) in [6.07, 6.45) is 10.9. The van der Waals surface area contributed by atoms with Gasteiger partial charge in [-0.25, -0.2) is 0 Å². The van der Waals surface area contributed by atoms with E-state index < -0.39 is 0 Å². The summed E-state index contributed by atoms with van der Waals surface area (Å²) in [5.74, 6) is 0.553. The zero-order valence-electron chi connectivity index (χ0n) is 18.8. The zero-order valence-corrected chi connectivity index (χ0v) is 18.8. The number of pyridine rings is 2. The molecule has 2 atom stereocenters. The molecule has 1 unspecified atom stereocenters. The zero-order chi connectivity index (χ0) is 21.8. The maximum absolute atomic E-state index is 9.91. The van der Waals surface area contributed by atoms with Gasteiger partial charge in [0.15, 0.2) is 0 Å². The fraction of sp³-hybridized carbons (Fsp3) is 0.577. The molecule has 0 bridgehead atoms. The van der Waals surface area contributed by atoms with Gasteiger partial charge in [-0.05, 0) is 69.6 Å². The number of likely N-dealkylation sites (tertiary alicyclic amines) is 1. The molecule has 1 aliphatic carbocycles. The first-order chi connectivity index (χ1) is 15.8. The predicted molar refractivity (Wildman–Crippen MR) is 124 cm³/mol. The quantitative estimate of drug-likeness (QED) is 0.594. The van der Waals surface area contributed by atoms with Crippen LogP contribution in [0.5, 0.6) is 0 Å². The van der Waals surface area contributed by atoms with Crippen LogP contribution in [-0.4, -0.2) is 47.2 Å². The second-order valence-corrected chi connectivity index (χ2v) is 9.34. The number of nitrogens with one attached hydrogen (secondary N) is 1. The maximum Gasteiger partial charge on any atom is 0.125 e. The van der Waals surface area contributed by atoms with Gasteiger partial charge in [-0.3, -0.25) is 14.9 Å². The fourth-order valence-electron chi connectivity index (χ4n) is 5.01. The Morgan fingerprint density at radius 3 is 3.03 bits per heavy atom. The van der Waals surface area contributed by atoms with Gasteiger partial charge in [0.25, 0.3) is 0 Å². The van der Waals surface area contributed by atoms with Gasteiger partial charge in [0, 0.05) is 55.3 Å². The number of rotatable bonds is 9. The SMILES string of the molecule is N#CC(c1cccnc1C1CC1)N1CC[C@@H](OCCCCc2ccc3c(n2)CCCN3)C1. The highest BCUT2D eigenvalue weighted by atomic mass is 16.5. The molecular formula is C26H33N5O. The molecule has 2 fully saturated rings. The van der Waals surface area contributed by atoms with Gasteiger partial charge in [-0.1, -0.05) is 6.07 Å². The van der Waals surface area contributed by atoms with E-state index in [1.54, 1.807) is 0 Å². The van der Waals surface area contributed by atoms with Gasteiger partial charge < -0.3 is 10.1 Å². The van der Waals surface area contributed by atoms with Crippen molar-refractivity contribution < 1.29 is 4.74 Å². The summed E-state index contributed by atoms with van der Waals surface area (Å²) in [4.78, 5) is 11.7. The molecule has 0 aromatic carbocycles. The van der Waals surface area contributed by atoms with E-state index in [2.05, 4.69) is 39.5 Å². The number of hydrogen-bond donors (Lipinski definition) is 1. The van der Waals surface area contributed by atoms with Crippen LogP contribution in [-0.2, 0) is 17.6 Å². The molecule has 32 heavy (non-hydrogen) atoms. The first-order valence-corrected chi connectivity index (χ1v) is 12.2. The fourth-order valence-corrected chi connectivity index (χ4v) is 5.01. The van der Waals surface area contributed by atoms with Crippen molar-refractivity contribution in [3.8, 4) is 6.07 Å². The number of aryl methyl sites for hydroxylation is 2. The molecular weight excluding hydrogens is 398 g/mol. The Balaban J connectivity index is 1.06. The lowest BCUT2D eigenvalue weighted by Gasteiger charge is -2.24. The van der Waals surface area contributed by atoms with Crippen molar-refractivity contribution >= 4 is 5.69 Å². The molecule has 6 nitrogen and oxygen atoms in total. The number of unbranched alkanes of at least 4 members (excludes halogenated alkanes) is 1. The molecule has 2 aliphatic heterocycles. The average molecular weight is 432 g/mol. The van der Waals surface area contributed by atoms with Gasteiger partial charge in [-0.15, -0.1) is 0 Å². The lowest BCUT2D eigenvalue weighted by molar-refractivity contribution is 0.0548. The lowest BCUT2D eigenvalue weighted by atomic mass is 10.0. The van der Waals surface area contributed by atoms with Crippen LogP contribution < -0.4 is 5.32 Å². The van der Waals surface area contributed by atoms with E-state index in [-0.39, 0.29) is 12.1 Å². The van der Waals surface area contributed by atoms with Crippen LogP contribution in [0.3, 0.4) is 0 Å². The second kappa shape index (κ2) is 9.97. The monoisotopic (exact) mass is 431 g/mol. The normalized spacial score (nSPS) is 21.5. The minimum Gasteiger partial charge on any atom is -0.384 e. The Bertz CT molecular complexity index is 967. The number of nitrogens with zero attached hydrogens (tertiary/aromatic N) is 4. The molecule has 1 saturated heterocycles. The summed E-state index contributed by atoms with van der Waals surface area (Å²) in [5.41, 5.74) is 5.86. The van der Waals surface area contributed by atoms with Crippen molar-refractivity contribution in [2.24, 2.45) is 0 Å². The van der Waals surface area contributed by atoms with Crippen molar-refractivity contribution in [1.29, 1.82) is 5.26 Å². The van der Waals surface area contributed by atoms with Crippen LogP contribution in [0.15, 0.2) is 30.5 Å². The molecule has 0 spiro atoms. The van der Waals surface area contributed by atoms with Crippen molar-refractivity contribution in [3.05, 3.63) is 53.1 Å². The van der Waals surface area contributed by atoms with E-state index in [1.165, 1.54) is 36.3 Å². The van der Waals surface area contributed by atoms with Gasteiger partial charge in [0.05, 0.1) is 23.6 Å². The Labute approximate surface area is 191 Å². The Morgan fingerprint density at radius 2 is 2.16 bits per heavy atom. The highest BCUT2D eigenvalue weighted by molar-refractivity contribution is 5.50. The van der Waals surface area contributed by atoms with Crippen LogP contribution in [0.4, 0.5) is 5.69 Å². The van der Waals surface area contributed by atoms with E-state index in [0.717, 1.165) is 69.6 Å². The topological polar surface area (TPSA) is 74.1 Å². The predicted octanol–water partition coefficient (Wildman–Crippen LogP) is 4.39. The molecule has 6 heteroatoms. The molecule has 3 aliphatic rings. The van der Waals surface area contributed by atoms with Crippen LogP contribution in [0, 0.1) is 11.3 Å². The minimum atomic E-state index is -0.211. The van der Waals surface area contributed by atoms with Gasteiger partial charge >= 0.3 is 0 Å². The molecule has 0 radical (unpaired) electrons. The van der Waals surface area contributed by atoms with Crippen LogP contribution in [0.2, 0.25) is 0 Å². The number of anilines is 1. The molecule has 2 aromatic heterocycles. The van der Waals surface area contributed by atoms with Gasteiger partial charge in [0.2, 0.25) is 0 Å². The van der Waals surface area contributed by atoms with Gasteiger partial charge in [0.1, 0.15) is 6.04 Å².